The van der Waals surface area contributed by atoms with Crippen LogP contribution in [0.3, 0.4) is 0 Å². The fourth-order valence-electron chi connectivity index (χ4n) is 2.54. The van der Waals surface area contributed by atoms with Gasteiger partial charge in [-0.1, -0.05) is 17.7 Å². The highest BCUT2D eigenvalue weighted by molar-refractivity contribution is 6.30. The predicted octanol–water partition coefficient (Wildman–Crippen LogP) is 1.66. The Balaban J connectivity index is 2.33. The minimum Gasteiger partial charge on any atom is -0.368 e. The summed E-state index contributed by atoms with van der Waals surface area (Å²) in [7, 11) is 0. The van der Waals surface area contributed by atoms with Crippen molar-refractivity contribution in [1.29, 1.82) is 0 Å². The van der Waals surface area contributed by atoms with Crippen molar-refractivity contribution in [2.24, 2.45) is 5.73 Å². The van der Waals surface area contributed by atoms with Gasteiger partial charge in [0.25, 0.3) is 0 Å². The van der Waals surface area contributed by atoms with Gasteiger partial charge in [0.05, 0.1) is 0 Å². The summed E-state index contributed by atoms with van der Waals surface area (Å²) in [6, 6.07) is 5.97. The molecule has 3 N–H and O–H groups in total. The fraction of sp³-hybridized carbons (Fsp3) is 0.462. The second kappa shape index (κ2) is 4.31. The topological polar surface area (TPSA) is 55.1 Å². The quantitative estimate of drug-likeness (QED) is 0.860. The van der Waals surface area contributed by atoms with Crippen LogP contribution < -0.4 is 11.1 Å². The Hall–Kier alpha value is -1.06. The molecular formula is C13H17ClN2O. The minimum atomic E-state index is -0.652. The van der Waals surface area contributed by atoms with E-state index in [1.54, 1.807) is 0 Å². The Bertz CT molecular complexity index is 459. The van der Waals surface area contributed by atoms with E-state index in [9.17, 15) is 4.79 Å². The van der Waals surface area contributed by atoms with Crippen molar-refractivity contribution in [3.05, 3.63) is 34.3 Å². The maximum atomic E-state index is 11.7. The molecular weight excluding hydrogens is 236 g/mol. The Morgan fingerprint density at radius 2 is 2.06 bits per heavy atom. The summed E-state index contributed by atoms with van der Waals surface area (Å²) in [6.45, 7) is 4.03. The van der Waals surface area contributed by atoms with Gasteiger partial charge in [0.2, 0.25) is 5.91 Å². The molecule has 0 aromatic heterocycles. The molecule has 0 spiro atoms. The molecule has 1 aliphatic carbocycles. The van der Waals surface area contributed by atoms with Crippen LogP contribution in [-0.2, 0) is 17.6 Å². The number of carbonyl (C=O) groups excluding carboxylic acids is 1. The number of carbonyl (C=O) groups is 1. The van der Waals surface area contributed by atoms with E-state index in [0.29, 0.717) is 17.9 Å². The van der Waals surface area contributed by atoms with E-state index < -0.39 is 5.54 Å². The number of amides is 1. The first kappa shape index (κ1) is 12.4. The van der Waals surface area contributed by atoms with Crippen LogP contribution in [0, 0.1) is 0 Å². The summed E-state index contributed by atoms with van der Waals surface area (Å²) in [6.07, 6.45) is 1.27. The van der Waals surface area contributed by atoms with Gasteiger partial charge in [0.1, 0.15) is 5.54 Å². The normalized spacial score (nSPS) is 22.8. The molecule has 0 saturated heterocycles. The largest absolute Gasteiger partial charge is 0.368 e. The number of nitrogens with two attached hydrogens (primary N) is 1. The second-order valence-corrected chi connectivity index (χ2v) is 5.45. The maximum absolute atomic E-state index is 11.7. The van der Waals surface area contributed by atoms with Crippen LogP contribution in [0.4, 0.5) is 0 Å². The molecule has 0 aliphatic heterocycles. The average molecular weight is 253 g/mol. The molecule has 0 heterocycles. The van der Waals surface area contributed by atoms with E-state index in [1.165, 1.54) is 0 Å². The predicted molar refractivity (Wildman–Crippen MR) is 69.1 cm³/mol. The van der Waals surface area contributed by atoms with Crippen molar-refractivity contribution in [3.8, 4) is 0 Å². The Kier molecular flexibility index (Phi) is 3.15. The van der Waals surface area contributed by atoms with Crippen molar-refractivity contribution in [2.75, 3.05) is 0 Å². The van der Waals surface area contributed by atoms with Crippen LogP contribution in [0.2, 0.25) is 5.02 Å². The van der Waals surface area contributed by atoms with E-state index in [0.717, 1.165) is 11.1 Å². The van der Waals surface area contributed by atoms with Crippen LogP contribution in [-0.4, -0.2) is 17.5 Å². The molecule has 4 heteroatoms. The molecule has 1 aromatic rings. The molecule has 1 amide bonds. The lowest BCUT2D eigenvalue weighted by atomic mass is 9.94. The second-order valence-electron chi connectivity index (χ2n) is 5.01. The number of hydrogen-bond donors (Lipinski definition) is 2. The summed E-state index contributed by atoms with van der Waals surface area (Å²) in [5.41, 5.74) is 7.18. The van der Waals surface area contributed by atoms with E-state index >= 15 is 0 Å². The Morgan fingerprint density at radius 3 is 2.65 bits per heavy atom. The molecule has 92 valence electrons. The Morgan fingerprint density at radius 1 is 1.41 bits per heavy atom. The summed E-state index contributed by atoms with van der Waals surface area (Å²) in [5.74, 6) is -0.293. The highest BCUT2D eigenvalue weighted by Gasteiger charge is 2.42. The molecule has 17 heavy (non-hydrogen) atoms. The molecule has 1 unspecified atom stereocenters. The number of halogens is 1. The summed E-state index contributed by atoms with van der Waals surface area (Å²) >= 11 is 5.97. The van der Waals surface area contributed by atoms with Crippen molar-refractivity contribution >= 4 is 17.5 Å². The van der Waals surface area contributed by atoms with Gasteiger partial charge in [0, 0.05) is 23.9 Å². The molecule has 3 nitrogen and oxygen atoms in total. The summed E-state index contributed by atoms with van der Waals surface area (Å²) < 4.78 is 0. The van der Waals surface area contributed by atoms with E-state index in [1.807, 2.05) is 32.0 Å². The van der Waals surface area contributed by atoms with Crippen molar-refractivity contribution in [3.63, 3.8) is 0 Å². The van der Waals surface area contributed by atoms with Crippen LogP contribution in [0.15, 0.2) is 18.2 Å². The summed E-state index contributed by atoms with van der Waals surface area (Å²) in [5, 5.41) is 4.01. The van der Waals surface area contributed by atoms with Crippen molar-refractivity contribution in [1.82, 2.24) is 5.32 Å². The molecule has 0 bridgehead atoms. The first-order valence-electron chi connectivity index (χ1n) is 5.78. The zero-order valence-electron chi connectivity index (χ0n) is 10.1. The number of rotatable bonds is 3. The monoisotopic (exact) mass is 252 g/mol. The van der Waals surface area contributed by atoms with Gasteiger partial charge in [0.15, 0.2) is 0 Å². The first-order chi connectivity index (χ1) is 7.93. The van der Waals surface area contributed by atoms with Gasteiger partial charge >= 0.3 is 0 Å². The zero-order valence-corrected chi connectivity index (χ0v) is 10.8. The van der Waals surface area contributed by atoms with Crippen molar-refractivity contribution < 1.29 is 4.79 Å². The number of hydrogen-bond acceptors (Lipinski definition) is 2. The van der Waals surface area contributed by atoms with Gasteiger partial charge in [-0.15, -0.1) is 0 Å². The summed E-state index contributed by atoms with van der Waals surface area (Å²) in [4.78, 5) is 11.7. The number of fused-ring (bicyclic) bond motifs is 1. The molecule has 2 rings (SSSR count). The number of primary amides is 1. The van der Waals surface area contributed by atoms with E-state index in [4.69, 9.17) is 17.3 Å². The van der Waals surface area contributed by atoms with Crippen molar-refractivity contribution in [2.45, 2.75) is 38.3 Å². The smallest absolute Gasteiger partial charge is 0.238 e. The lowest BCUT2D eigenvalue weighted by molar-refractivity contribution is -0.124. The highest BCUT2D eigenvalue weighted by Crippen LogP contribution is 2.32. The maximum Gasteiger partial charge on any atom is 0.238 e. The fourth-order valence-corrected chi connectivity index (χ4v) is 2.74. The average Bonchev–Trinajstić information content (AvgIpc) is 2.55. The first-order valence-corrected chi connectivity index (χ1v) is 6.16. The third kappa shape index (κ3) is 2.31. The molecule has 0 fully saturated rings. The third-order valence-electron chi connectivity index (χ3n) is 3.19. The van der Waals surface area contributed by atoms with Crippen LogP contribution in [0.1, 0.15) is 25.0 Å². The number of nitrogens with one attached hydrogen (secondary N) is 1. The molecule has 1 aromatic carbocycles. The van der Waals surface area contributed by atoms with Gasteiger partial charge < -0.3 is 11.1 Å². The van der Waals surface area contributed by atoms with Crippen LogP contribution in [0.5, 0.6) is 0 Å². The van der Waals surface area contributed by atoms with E-state index in [-0.39, 0.29) is 11.9 Å². The molecule has 0 saturated carbocycles. The zero-order chi connectivity index (χ0) is 12.6. The standard InChI is InChI=1S/C13H17ClN2O/c1-8(2)16-13(12(15)17)6-9-3-4-11(14)5-10(9)7-13/h3-5,8,16H,6-7H2,1-2H3,(H2,15,17). The number of benzene rings is 1. The lowest BCUT2D eigenvalue weighted by Crippen LogP contribution is -2.58. The third-order valence-corrected chi connectivity index (χ3v) is 3.42. The highest BCUT2D eigenvalue weighted by atomic mass is 35.5. The van der Waals surface area contributed by atoms with Gasteiger partial charge in [-0.3, -0.25) is 4.79 Å². The van der Waals surface area contributed by atoms with Crippen LogP contribution in [0.25, 0.3) is 0 Å². The molecule has 0 radical (unpaired) electrons. The minimum absolute atomic E-state index is 0.215. The van der Waals surface area contributed by atoms with Gasteiger partial charge in [-0.05, 0) is 37.1 Å². The SMILES string of the molecule is CC(C)NC1(C(N)=O)Cc2ccc(Cl)cc2C1. The Labute approximate surface area is 106 Å². The van der Waals surface area contributed by atoms with Crippen LogP contribution >= 0.6 is 11.6 Å². The van der Waals surface area contributed by atoms with E-state index in [2.05, 4.69) is 5.32 Å². The van der Waals surface area contributed by atoms with Gasteiger partial charge in [-0.2, -0.15) is 0 Å². The lowest BCUT2D eigenvalue weighted by Gasteiger charge is -2.29. The molecule has 1 aliphatic rings. The van der Waals surface area contributed by atoms with Gasteiger partial charge in [-0.25, -0.2) is 0 Å². The molecule has 1 atom stereocenters.